The monoisotopic (exact) mass is 401 g/mol. The van der Waals surface area contributed by atoms with Crippen molar-refractivity contribution in [3.05, 3.63) is 34.6 Å². The number of halogens is 1. The molecule has 1 aromatic carbocycles. The van der Waals surface area contributed by atoms with E-state index < -0.39 is 0 Å². The third-order valence-electron chi connectivity index (χ3n) is 5.70. The van der Waals surface area contributed by atoms with E-state index in [1.165, 1.54) is 44.1 Å². The highest BCUT2D eigenvalue weighted by Crippen LogP contribution is 2.39. The molecule has 0 bridgehead atoms. The third kappa shape index (κ3) is 4.66. The largest absolute Gasteiger partial charge is 0.485 e. The van der Waals surface area contributed by atoms with Crippen molar-refractivity contribution in [2.45, 2.75) is 63.9 Å². The number of piperidine rings is 1. The first-order valence-corrected chi connectivity index (χ1v) is 10.7. The van der Waals surface area contributed by atoms with E-state index in [2.05, 4.69) is 19.9 Å². The maximum atomic E-state index is 6.27. The average molecular weight is 402 g/mol. The van der Waals surface area contributed by atoms with Crippen molar-refractivity contribution in [2.24, 2.45) is 0 Å². The van der Waals surface area contributed by atoms with Crippen molar-refractivity contribution in [1.29, 1.82) is 0 Å². The molecule has 1 saturated carbocycles. The standard InChI is InChI=1S/C21H28ClN5O/c22-16-9-10-18(17(13-16)15-7-3-1-4-8-15)28-14-19-24-20(23)26-21(25-19)27-11-5-2-6-12-27/h9-10,13,15H,1-8,11-12,14H2,(H2,23,24,25,26). The Hall–Kier alpha value is -2.08. The number of aromatic nitrogens is 3. The van der Waals surface area contributed by atoms with Crippen LogP contribution in [0.5, 0.6) is 5.75 Å². The lowest BCUT2D eigenvalue weighted by Gasteiger charge is -2.27. The van der Waals surface area contributed by atoms with Gasteiger partial charge in [0.15, 0.2) is 5.82 Å². The van der Waals surface area contributed by atoms with Crippen molar-refractivity contribution < 1.29 is 4.74 Å². The van der Waals surface area contributed by atoms with E-state index in [-0.39, 0.29) is 12.6 Å². The summed E-state index contributed by atoms with van der Waals surface area (Å²) in [6.45, 7) is 2.20. The fourth-order valence-corrected chi connectivity index (χ4v) is 4.43. The van der Waals surface area contributed by atoms with E-state index in [1.807, 2.05) is 18.2 Å². The fourth-order valence-electron chi connectivity index (χ4n) is 4.25. The van der Waals surface area contributed by atoms with Crippen molar-refractivity contribution >= 4 is 23.5 Å². The molecule has 1 saturated heterocycles. The lowest BCUT2D eigenvalue weighted by atomic mass is 9.84. The quantitative estimate of drug-likeness (QED) is 0.780. The van der Waals surface area contributed by atoms with Gasteiger partial charge in [0.25, 0.3) is 0 Å². The first kappa shape index (κ1) is 19.2. The molecule has 6 nitrogen and oxygen atoms in total. The van der Waals surface area contributed by atoms with Gasteiger partial charge < -0.3 is 15.4 Å². The van der Waals surface area contributed by atoms with Crippen molar-refractivity contribution in [3.63, 3.8) is 0 Å². The van der Waals surface area contributed by atoms with Crippen LogP contribution in [-0.4, -0.2) is 28.0 Å². The van der Waals surface area contributed by atoms with Crippen LogP contribution in [0.25, 0.3) is 0 Å². The number of nitrogens with zero attached hydrogens (tertiary/aromatic N) is 4. The summed E-state index contributed by atoms with van der Waals surface area (Å²) >= 11 is 6.27. The van der Waals surface area contributed by atoms with Crippen LogP contribution in [0, 0.1) is 0 Å². The van der Waals surface area contributed by atoms with Crippen LogP contribution in [-0.2, 0) is 6.61 Å². The number of nitrogens with two attached hydrogens (primary N) is 1. The van der Waals surface area contributed by atoms with Crippen LogP contribution in [0.2, 0.25) is 5.02 Å². The van der Waals surface area contributed by atoms with Crippen molar-refractivity contribution in [3.8, 4) is 5.75 Å². The fraction of sp³-hybridized carbons (Fsp3) is 0.571. The van der Waals surface area contributed by atoms with Crippen LogP contribution >= 0.6 is 11.6 Å². The van der Waals surface area contributed by atoms with Gasteiger partial charge in [-0.1, -0.05) is 30.9 Å². The Balaban J connectivity index is 1.50. The zero-order valence-corrected chi connectivity index (χ0v) is 17.0. The van der Waals surface area contributed by atoms with Gasteiger partial charge in [-0.05, 0) is 61.8 Å². The first-order chi connectivity index (χ1) is 13.7. The van der Waals surface area contributed by atoms with Crippen LogP contribution in [0.15, 0.2) is 18.2 Å². The van der Waals surface area contributed by atoms with Crippen molar-refractivity contribution in [1.82, 2.24) is 15.0 Å². The summed E-state index contributed by atoms with van der Waals surface area (Å²) in [5.41, 5.74) is 7.14. The third-order valence-corrected chi connectivity index (χ3v) is 5.93. The summed E-state index contributed by atoms with van der Waals surface area (Å²) < 4.78 is 6.14. The number of rotatable bonds is 5. The highest BCUT2D eigenvalue weighted by molar-refractivity contribution is 6.30. The number of anilines is 2. The van der Waals surface area contributed by atoms with Crippen LogP contribution in [0.4, 0.5) is 11.9 Å². The molecule has 2 heterocycles. The van der Waals surface area contributed by atoms with Gasteiger partial charge >= 0.3 is 0 Å². The topological polar surface area (TPSA) is 77.2 Å². The molecular formula is C21H28ClN5O. The number of hydrogen-bond donors (Lipinski definition) is 1. The van der Waals surface area contributed by atoms with Gasteiger partial charge in [0.05, 0.1) is 0 Å². The maximum Gasteiger partial charge on any atom is 0.230 e. The summed E-state index contributed by atoms with van der Waals surface area (Å²) in [6.07, 6.45) is 9.80. The Labute approximate surface area is 171 Å². The normalized spacial score (nSPS) is 18.2. The molecule has 4 rings (SSSR count). The van der Waals surface area contributed by atoms with Gasteiger partial charge in [0.2, 0.25) is 11.9 Å². The van der Waals surface area contributed by atoms with Crippen molar-refractivity contribution in [2.75, 3.05) is 23.7 Å². The zero-order chi connectivity index (χ0) is 19.3. The second-order valence-corrected chi connectivity index (χ2v) is 8.20. The summed E-state index contributed by atoms with van der Waals surface area (Å²) in [4.78, 5) is 15.4. The Morgan fingerprint density at radius 1 is 1.00 bits per heavy atom. The van der Waals surface area contributed by atoms with E-state index >= 15 is 0 Å². The Morgan fingerprint density at radius 3 is 2.54 bits per heavy atom. The first-order valence-electron chi connectivity index (χ1n) is 10.4. The molecule has 0 spiro atoms. The molecule has 1 aliphatic carbocycles. The number of ether oxygens (including phenoxy) is 1. The Kier molecular flexibility index (Phi) is 6.15. The molecular weight excluding hydrogens is 374 g/mol. The summed E-state index contributed by atoms with van der Waals surface area (Å²) in [6, 6.07) is 5.89. The lowest BCUT2D eigenvalue weighted by molar-refractivity contribution is 0.287. The Bertz CT molecular complexity index is 803. The highest BCUT2D eigenvalue weighted by Gasteiger charge is 2.20. The molecule has 0 radical (unpaired) electrons. The average Bonchev–Trinajstić information content (AvgIpc) is 2.74. The van der Waals surface area contributed by atoms with Crippen LogP contribution in [0.3, 0.4) is 0 Å². The minimum atomic E-state index is 0.248. The molecule has 2 N–H and O–H groups in total. The Morgan fingerprint density at radius 2 is 1.75 bits per heavy atom. The van der Waals surface area contributed by atoms with E-state index in [1.54, 1.807) is 0 Å². The zero-order valence-electron chi connectivity index (χ0n) is 16.2. The smallest absolute Gasteiger partial charge is 0.230 e. The second kappa shape index (κ2) is 8.95. The summed E-state index contributed by atoms with van der Waals surface area (Å²) in [5.74, 6) is 2.86. The van der Waals surface area contributed by atoms with Gasteiger partial charge in [-0.25, -0.2) is 0 Å². The molecule has 2 fully saturated rings. The van der Waals surface area contributed by atoms with Gasteiger partial charge in [-0.15, -0.1) is 0 Å². The SMILES string of the molecule is Nc1nc(COc2ccc(Cl)cc2C2CCCCC2)nc(N2CCCCC2)n1. The van der Waals surface area contributed by atoms with E-state index in [0.717, 1.165) is 36.7 Å². The highest BCUT2D eigenvalue weighted by atomic mass is 35.5. The molecule has 1 aliphatic heterocycles. The van der Waals surface area contributed by atoms with E-state index in [0.29, 0.717) is 17.7 Å². The molecule has 0 amide bonds. The van der Waals surface area contributed by atoms with E-state index in [4.69, 9.17) is 22.1 Å². The molecule has 0 atom stereocenters. The van der Waals surface area contributed by atoms with Gasteiger partial charge in [-0.3, -0.25) is 0 Å². The molecule has 28 heavy (non-hydrogen) atoms. The molecule has 150 valence electrons. The minimum Gasteiger partial charge on any atom is -0.485 e. The van der Waals surface area contributed by atoms with Crippen LogP contribution in [0.1, 0.15) is 68.7 Å². The number of hydrogen-bond acceptors (Lipinski definition) is 6. The predicted molar refractivity (Wildman–Crippen MR) is 112 cm³/mol. The number of benzene rings is 1. The lowest BCUT2D eigenvalue weighted by Crippen LogP contribution is -2.31. The molecule has 0 unspecified atom stereocenters. The summed E-state index contributed by atoms with van der Waals surface area (Å²) in [7, 11) is 0. The van der Waals surface area contributed by atoms with Crippen LogP contribution < -0.4 is 15.4 Å². The molecule has 2 aromatic rings. The second-order valence-electron chi connectivity index (χ2n) is 7.76. The molecule has 7 heteroatoms. The molecule has 2 aliphatic rings. The molecule has 1 aromatic heterocycles. The van der Waals surface area contributed by atoms with Gasteiger partial charge in [0, 0.05) is 18.1 Å². The van der Waals surface area contributed by atoms with Gasteiger partial charge in [0.1, 0.15) is 12.4 Å². The number of nitrogen functional groups attached to an aromatic ring is 1. The predicted octanol–water partition coefficient (Wildman–Crippen LogP) is 4.72. The minimum absolute atomic E-state index is 0.248. The maximum absolute atomic E-state index is 6.27. The van der Waals surface area contributed by atoms with E-state index in [9.17, 15) is 0 Å². The van der Waals surface area contributed by atoms with Gasteiger partial charge in [-0.2, -0.15) is 15.0 Å². The summed E-state index contributed by atoms with van der Waals surface area (Å²) in [5, 5.41) is 0.754.